The van der Waals surface area contributed by atoms with E-state index in [1.165, 1.54) is 17.3 Å². The molecule has 2 heteroatoms. The molecule has 0 atom stereocenters. The van der Waals surface area contributed by atoms with Gasteiger partial charge in [0, 0.05) is 24.8 Å². The van der Waals surface area contributed by atoms with E-state index in [0.717, 1.165) is 19.6 Å². The summed E-state index contributed by atoms with van der Waals surface area (Å²) in [5.74, 6) is 0. The number of nitrogens with zero attached hydrogens (tertiary/aromatic N) is 1. The molecule has 0 saturated carbocycles. The lowest BCUT2D eigenvalue weighted by Gasteiger charge is -2.06. The first-order valence-corrected chi connectivity index (χ1v) is 5.66. The molecule has 2 aromatic rings. The average molecular weight is 202 g/mol. The van der Waals surface area contributed by atoms with E-state index in [1.54, 1.807) is 0 Å². The zero-order valence-electron chi connectivity index (χ0n) is 9.24. The van der Waals surface area contributed by atoms with Crippen LogP contribution in [-0.4, -0.2) is 17.7 Å². The van der Waals surface area contributed by atoms with Gasteiger partial charge in [-0.25, -0.2) is 0 Å². The predicted molar refractivity (Wildman–Crippen MR) is 65.1 cm³/mol. The van der Waals surface area contributed by atoms with E-state index in [1.807, 2.05) is 0 Å². The van der Waals surface area contributed by atoms with Gasteiger partial charge in [0.05, 0.1) is 0 Å². The van der Waals surface area contributed by atoms with Gasteiger partial charge in [-0.2, -0.15) is 0 Å². The van der Waals surface area contributed by atoms with Crippen molar-refractivity contribution < 1.29 is 0 Å². The number of fused-ring (bicyclic) bond motifs is 1. The molecule has 2 rings (SSSR count). The van der Waals surface area contributed by atoms with Crippen LogP contribution < -0.4 is 5.32 Å². The van der Waals surface area contributed by atoms with E-state index < -0.39 is 0 Å². The van der Waals surface area contributed by atoms with Crippen LogP contribution in [0.15, 0.2) is 36.5 Å². The van der Waals surface area contributed by atoms with Gasteiger partial charge in [-0.1, -0.05) is 25.1 Å². The molecule has 0 spiro atoms. The van der Waals surface area contributed by atoms with Crippen molar-refractivity contribution in [1.29, 1.82) is 0 Å². The van der Waals surface area contributed by atoms with Crippen molar-refractivity contribution in [2.45, 2.75) is 19.9 Å². The molecule has 0 amide bonds. The maximum atomic E-state index is 3.42. The zero-order chi connectivity index (χ0) is 10.5. The molecule has 1 N–H and O–H groups in total. The predicted octanol–water partition coefficient (Wildman–Crippen LogP) is 2.64. The lowest BCUT2D eigenvalue weighted by molar-refractivity contribution is 0.604. The number of hydrogen-bond acceptors (Lipinski definition) is 1. The lowest BCUT2D eigenvalue weighted by atomic mass is 10.2. The van der Waals surface area contributed by atoms with Crippen molar-refractivity contribution in [3.05, 3.63) is 36.5 Å². The fourth-order valence-corrected chi connectivity index (χ4v) is 1.84. The summed E-state index contributed by atoms with van der Waals surface area (Å²) in [4.78, 5) is 0. The third-order valence-electron chi connectivity index (χ3n) is 2.64. The number of hydrogen-bond donors (Lipinski definition) is 1. The van der Waals surface area contributed by atoms with Crippen LogP contribution in [0.5, 0.6) is 0 Å². The molecule has 0 bridgehead atoms. The van der Waals surface area contributed by atoms with Gasteiger partial charge in [0.25, 0.3) is 0 Å². The molecule has 80 valence electrons. The fraction of sp³-hybridized carbons (Fsp3) is 0.385. The molecule has 1 aromatic heterocycles. The minimum absolute atomic E-state index is 1.05. The molecule has 0 unspecified atom stereocenters. The topological polar surface area (TPSA) is 17.0 Å². The minimum atomic E-state index is 1.05. The van der Waals surface area contributed by atoms with E-state index in [9.17, 15) is 0 Å². The minimum Gasteiger partial charge on any atom is -0.346 e. The second-order valence-electron chi connectivity index (χ2n) is 3.82. The monoisotopic (exact) mass is 202 g/mol. The maximum Gasteiger partial charge on any atom is 0.0480 e. The molecule has 0 aliphatic carbocycles. The Morgan fingerprint density at radius 2 is 2.00 bits per heavy atom. The summed E-state index contributed by atoms with van der Waals surface area (Å²) in [6.07, 6.45) is 3.37. The summed E-state index contributed by atoms with van der Waals surface area (Å²) >= 11 is 0. The number of benzene rings is 1. The second kappa shape index (κ2) is 4.99. The highest BCUT2D eigenvalue weighted by Gasteiger charge is 1.98. The standard InChI is InChI=1S/C13H18N2/c1-2-8-14-9-11-15-10-7-12-5-3-4-6-13(12)15/h3-7,10,14H,2,8-9,11H2,1H3. The Labute approximate surface area is 90.9 Å². The molecular weight excluding hydrogens is 184 g/mol. The number of rotatable bonds is 5. The van der Waals surface area contributed by atoms with Gasteiger partial charge in [0.15, 0.2) is 0 Å². The molecular formula is C13H18N2. The summed E-state index contributed by atoms with van der Waals surface area (Å²) in [6.45, 7) is 5.40. The molecule has 0 aliphatic rings. The van der Waals surface area contributed by atoms with Crippen LogP contribution in [0.25, 0.3) is 10.9 Å². The Kier molecular flexibility index (Phi) is 3.41. The van der Waals surface area contributed by atoms with Crippen molar-refractivity contribution in [2.24, 2.45) is 0 Å². The molecule has 0 radical (unpaired) electrons. The Hall–Kier alpha value is -1.28. The highest BCUT2D eigenvalue weighted by molar-refractivity contribution is 5.79. The quantitative estimate of drug-likeness (QED) is 0.737. The molecule has 15 heavy (non-hydrogen) atoms. The molecule has 1 heterocycles. The van der Waals surface area contributed by atoms with Gasteiger partial charge in [-0.15, -0.1) is 0 Å². The SMILES string of the molecule is CCCNCCn1ccc2ccccc21. The van der Waals surface area contributed by atoms with Crippen molar-refractivity contribution >= 4 is 10.9 Å². The first-order chi connectivity index (χ1) is 7.42. The second-order valence-corrected chi connectivity index (χ2v) is 3.82. The summed E-state index contributed by atoms with van der Waals surface area (Å²) in [5.41, 5.74) is 1.33. The Bertz CT molecular complexity index is 417. The van der Waals surface area contributed by atoms with E-state index >= 15 is 0 Å². The normalized spacial score (nSPS) is 11.0. The molecule has 0 fully saturated rings. The van der Waals surface area contributed by atoms with Gasteiger partial charge in [0.1, 0.15) is 0 Å². The van der Waals surface area contributed by atoms with Gasteiger partial charge < -0.3 is 9.88 Å². The zero-order valence-corrected chi connectivity index (χ0v) is 9.24. The molecule has 2 nitrogen and oxygen atoms in total. The third-order valence-corrected chi connectivity index (χ3v) is 2.64. The van der Waals surface area contributed by atoms with E-state index in [2.05, 4.69) is 53.3 Å². The van der Waals surface area contributed by atoms with Gasteiger partial charge in [0.2, 0.25) is 0 Å². The van der Waals surface area contributed by atoms with Crippen LogP contribution in [0, 0.1) is 0 Å². The molecule has 0 aliphatic heterocycles. The van der Waals surface area contributed by atoms with E-state index in [4.69, 9.17) is 0 Å². The van der Waals surface area contributed by atoms with Crippen LogP contribution in [0.2, 0.25) is 0 Å². The summed E-state index contributed by atoms with van der Waals surface area (Å²) in [7, 11) is 0. The van der Waals surface area contributed by atoms with Crippen molar-refractivity contribution in [2.75, 3.05) is 13.1 Å². The largest absolute Gasteiger partial charge is 0.346 e. The van der Waals surface area contributed by atoms with Crippen LogP contribution in [0.4, 0.5) is 0 Å². The van der Waals surface area contributed by atoms with Crippen molar-refractivity contribution in [3.63, 3.8) is 0 Å². The summed E-state index contributed by atoms with van der Waals surface area (Å²) in [6, 6.07) is 10.7. The van der Waals surface area contributed by atoms with Crippen molar-refractivity contribution in [3.8, 4) is 0 Å². The number of para-hydroxylation sites is 1. The van der Waals surface area contributed by atoms with Crippen LogP contribution in [0.3, 0.4) is 0 Å². The first kappa shape index (κ1) is 10.2. The van der Waals surface area contributed by atoms with E-state index in [-0.39, 0.29) is 0 Å². The third kappa shape index (κ3) is 2.39. The van der Waals surface area contributed by atoms with Gasteiger partial charge in [-0.05, 0) is 30.5 Å². The Morgan fingerprint density at radius 1 is 1.13 bits per heavy atom. The molecule has 1 aromatic carbocycles. The number of nitrogens with one attached hydrogen (secondary N) is 1. The van der Waals surface area contributed by atoms with Gasteiger partial charge >= 0.3 is 0 Å². The Morgan fingerprint density at radius 3 is 2.87 bits per heavy atom. The number of aromatic nitrogens is 1. The highest BCUT2D eigenvalue weighted by Crippen LogP contribution is 2.14. The van der Waals surface area contributed by atoms with Crippen LogP contribution >= 0.6 is 0 Å². The van der Waals surface area contributed by atoms with E-state index in [0.29, 0.717) is 0 Å². The first-order valence-electron chi connectivity index (χ1n) is 5.66. The van der Waals surface area contributed by atoms with Crippen molar-refractivity contribution in [1.82, 2.24) is 9.88 Å². The average Bonchev–Trinajstić information content (AvgIpc) is 2.68. The molecule has 0 saturated heterocycles. The van der Waals surface area contributed by atoms with Gasteiger partial charge in [-0.3, -0.25) is 0 Å². The fourth-order valence-electron chi connectivity index (χ4n) is 1.84. The smallest absolute Gasteiger partial charge is 0.0480 e. The highest BCUT2D eigenvalue weighted by atomic mass is 15.0. The van der Waals surface area contributed by atoms with Crippen LogP contribution in [-0.2, 0) is 6.54 Å². The van der Waals surface area contributed by atoms with Crippen LogP contribution in [0.1, 0.15) is 13.3 Å². The lowest BCUT2D eigenvalue weighted by Crippen LogP contribution is -2.20. The Balaban J connectivity index is 2.02. The maximum absolute atomic E-state index is 3.42. The summed E-state index contributed by atoms with van der Waals surface area (Å²) in [5, 5.41) is 4.74. The summed E-state index contributed by atoms with van der Waals surface area (Å²) < 4.78 is 2.30.